The van der Waals surface area contributed by atoms with Gasteiger partial charge < -0.3 is 20.1 Å². The van der Waals surface area contributed by atoms with Gasteiger partial charge in [0.25, 0.3) is 0 Å². The number of aliphatic hydroxyl groups excluding tert-OH is 1. The Bertz CT molecular complexity index is 457. The van der Waals surface area contributed by atoms with Crippen molar-refractivity contribution in [1.82, 2.24) is 10.2 Å². The molecule has 0 aliphatic heterocycles. The fourth-order valence-corrected chi connectivity index (χ4v) is 1.97. The van der Waals surface area contributed by atoms with E-state index in [1.54, 1.807) is 18.9 Å². The smallest absolute Gasteiger partial charge is 0.317 e. The summed E-state index contributed by atoms with van der Waals surface area (Å²) in [5, 5.41) is 12.2. The standard InChI is InChI=1S/C17H28N2O3/c1-12(2)22-16-8-6-15(7-9-16)14(4)18-17(21)19(5)11-10-13(3)20/h6-9,12-14,20H,10-11H2,1-5H3,(H,18,21). The van der Waals surface area contributed by atoms with Gasteiger partial charge >= 0.3 is 6.03 Å². The summed E-state index contributed by atoms with van der Waals surface area (Å²) in [5.41, 5.74) is 1.02. The second kappa shape index (κ2) is 8.63. The Balaban J connectivity index is 2.53. The first-order valence-electron chi connectivity index (χ1n) is 7.76. The second-order valence-corrected chi connectivity index (χ2v) is 5.97. The van der Waals surface area contributed by atoms with Crippen molar-refractivity contribution >= 4 is 6.03 Å². The Kier molecular flexibility index (Phi) is 7.18. The molecule has 1 aromatic rings. The molecule has 2 N–H and O–H groups in total. The van der Waals surface area contributed by atoms with E-state index in [4.69, 9.17) is 4.74 Å². The molecule has 0 radical (unpaired) electrons. The molecule has 0 spiro atoms. The maximum Gasteiger partial charge on any atom is 0.317 e. The van der Waals surface area contributed by atoms with Gasteiger partial charge in [-0.3, -0.25) is 0 Å². The molecule has 0 aromatic heterocycles. The number of carbonyl (C=O) groups is 1. The van der Waals surface area contributed by atoms with Crippen LogP contribution in [0.15, 0.2) is 24.3 Å². The van der Waals surface area contributed by atoms with E-state index in [-0.39, 0.29) is 18.2 Å². The number of carbonyl (C=O) groups excluding carboxylic acids is 1. The van der Waals surface area contributed by atoms with Gasteiger partial charge in [0.1, 0.15) is 5.75 Å². The molecule has 5 heteroatoms. The Morgan fingerprint density at radius 3 is 2.32 bits per heavy atom. The molecule has 0 fully saturated rings. The predicted octanol–water partition coefficient (Wildman–Crippen LogP) is 2.95. The number of nitrogens with one attached hydrogen (secondary N) is 1. The number of benzene rings is 1. The minimum atomic E-state index is -0.402. The van der Waals surface area contributed by atoms with E-state index in [2.05, 4.69) is 5.32 Å². The number of aliphatic hydroxyl groups is 1. The summed E-state index contributed by atoms with van der Waals surface area (Å²) in [6.07, 6.45) is 0.311. The molecule has 1 rings (SSSR count). The molecule has 0 saturated heterocycles. The van der Waals surface area contributed by atoms with Crippen LogP contribution in [0.5, 0.6) is 5.75 Å². The first kappa shape index (κ1) is 18.3. The van der Waals surface area contributed by atoms with Crippen LogP contribution >= 0.6 is 0 Å². The third-order valence-corrected chi connectivity index (χ3v) is 3.32. The van der Waals surface area contributed by atoms with Gasteiger partial charge in [-0.05, 0) is 51.8 Å². The van der Waals surface area contributed by atoms with Crippen LogP contribution in [0.2, 0.25) is 0 Å². The molecular formula is C17H28N2O3. The lowest BCUT2D eigenvalue weighted by atomic mass is 10.1. The normalized spacial score (nSPS) is 13.6. The molecule has 0 saturated carbocycles. The molecule has 2 unspecified atom stereocenters. The number of rotatable bonds is 7. The molecule has 5 nitrogen and oxygen atoms in total. The van der Waals surface area contributed by atoms with Gasteiger partial charge in [0.05, 0.1) is 18.2 Å². The quantitative estimate of drug-likeness (QED) is 0.814. The van der Waals surface area contributed by atoms with Gasteiger partial charge in [-0.1, -0.05) is 12.1 Å². The second-order valence-electron chi connectivity index (χ2n) is 5.97. The topological polar surface area (TPSA) is 61.8 Å². The van der Waals surface area contributed by atoms with E-state index < -0.39 is 6.10 Å². The van der Waals surface area contributed by atoms with Crippen LogP contribution < -0.4 is 10.1 Å². The fraction of sp³-hybridized carbons (Fsp3) is 0.588. The number of ether oxygens (including phenoxy) is 1. The summed E-state index contributed by atoms with van der Waals surface area (Å²) in [5.74, 6) is 0.825. The van der Waals surface area contributed by atoms with E-state index in [9.17, 15) is 9.90 Å². The lowest BCUT2D eigenvalue weighted by molar-refractivity contribution is 0.162. The lowest BCUT2D eigenvalue weighted by Gasteiger charge is -2.22. The summed E-state index contributed by atoms with van der Waals surface area (Å²) in [4.78, 5) is 13.6. The van der Waals surface area contributed by atoms with Crippen LogP contribution in [-0.2, 0) is 0 Å². The fourth-order valence-electron chi connectivity index (χ4n) is 1.97. The maximum atomic E-state index is 12.1. The van der Waals surface area contributed by atoms with E-state index in [0.29, 0.717) is 13.0 Å². The van der Waals surface area contributed by atoms with E-state index in [1.807, 2.05) is 45.0 Å². The third-order valence-electron chi connectivity index (χ3n) is 3.32. The maximum absolute atomic E-state index is 12.1. The summed E-state index contributed by atoms with van der Waals surface area (Å²) < 4.78 is 5.60. The van der Waals surface area contributed by atoms with Crippen LogP contribution in [-0.4, -0.2) is 41.8 Å². The molecule has 2 amide bonds. The lowest BCUT2D eigenvalue weighted by Crippen LogP contribution is -2.39. The Morgan fingerprint density at radius 1 is 1.23 bits per heavy atom. The summed E-state index contributed by atoms with van der Waals surface area (Å²) in [7, 11) is 1.73. The number of hydrogen-bond acceptors (Lipinski definition) is 3. The number of amides is 2. The van der Waals surface area contributed by atoms with Gasteiger partial charge in [-0.2, -0.15) is 0 Å². The molecule has 0 aliphatic carbocycles. The molecule has 2 atom stereocenters. The van der Waals surface area contributed by atoms with Gasteiger partial charge in [0.2, 0.25) is 0 Å². The zero-order chi connectivity index (χ0) is 16.7. The van der Waals surface area contributed by atoms with Crippen LogP contribution in [0.3, 0.4) is 0 Å². The third kappa shape index (κ3) is 6.35. The average Bonchev–Trinajstić information content (AvgIpc) is 2.44. The Labute approximate surface area is 133 Å². The highest BCUT2D eigenvalue weighted by atomic mass is 16.5. The average molecular weight is 308 g/mol. The number of nitrogens with zero attached hydrogens (tertiary/aromatic N) is 1. The molecule has 0 aliphatic rings. The van der Waals surface area contributed by atoms with E-state index in [0.717, 1.165) is 11.3 Å². The van der Waals surface area contributed by atoms with Gasteiger partial charge in [-0.25, -0.2) is 4.79 Å². The van der Waals surface area contributed by atoms with Crippen molar-refractivity contribution in [2.75, 3.05) is 13.6 Å². The van der Waals surface area contributed by atoms with Crippen LogP contribution in [0.1, 0.15) is 45.7 Å². The van der Waals surface area contributed by atoms with Crippen molar-refractivity contribution in [3.63, 3.8) is 0 Å². The summed E-state index contributed by atoms with van der Waals surface area (Å²) in [6.45, 7) is 8.16. The molecule has 0 heterocycles. The largest absolute Gasteiger partial charge is 0.491 e. The first-order valence-corrected chi connectivity index (χ1v) is 7.76. The monoisotopic (exact) mass is 308 g/mol. The van der Waals surface area contributed by atoms with Crippen LogP contribution in [0.4, 0.5) is 4.79 Å². The molecule has 0 bridgehead atoms. The van der Waals surface area contributed by atoms with E-state index in [1.165, 1.54) is 0 Å². The Hall–Kier alpha value is -1.75. The van der Waals surface area contributed by atoms with Crippen molar-refractivity contribution in [2.45, 2.75) is 52.4 Å². The molecule has 124 valence electrons. The highest BCUT2D eigenvalue weighted by Crippen LogP contribution is 2.18. The van der Waals surface area contributed by atoms with Crippen molar-refractivity contribution in [3.8, 4) is 5.75 Å². The van der Waals surface area contributed by atoms with Crippen molar-refractivity contribution in [1.29, 1.82) is 0 Å². The molecule has 1 aromatic carbocycles. The highest BCUT2D eigenvalue weighted by molar-refractivity contribution is 5.74. The van der Waals surface area contributed by atoms with Gasteiger partial charge in [-0.15, -0.1) is 0 Å². The minimum Gasteiger partial charge on any atom is -0.491 e. The zero-order valence-electron chi connectivity index (χ0n) is 14.2. The van der Waals surface area contributed by atoms with Crippen molar-refractivity contribution in [2.24, 2.45) is 0 Å². The van der Waals surface area contributed by atoms with Crippen molar-refractivity contribution in [3.05, 3.63) is 29.8 Å². The minimum absolute atomic E-state index is 0.0883. The summed E-state index contributed by atoms with van der Waals surface area (Å²) in [6, 6.07) is 7.51. The molecular weight excluding hydrogens is 280 g/mol. The molecule has 22 heavy (non-hydrogen) atoms. The zero-order valence-corrected chi connectivity index (χ0v) is 14.2. The first-order chi connectivity index (χ1) is 10.3. The van der Waals surface area contributed by atoms with Gasteiger partial charge in [0, 0.05) is 13.6 Å². The highest BCUT2D eigenvalue weighted by Gasteiger charge is 2.14. The predicted molar refractivity (Wildman–Crippen MR) is 88.1 cm³/mol. The Morgan fingerprint density at radius 2 is 1.82 bits per heavy atom. The van der Waals surface area contributed by atoms with Crippen LogP contribution in [0.25, 0.3) is 0 Å². The summed E-state index contributed by atoms with van der Waals surface area (Å²) >= 11 is 0. The van der Waals surface area contributed by atoms with Crippen molar-refractivity contribution < 1.29 is 14.6 Å². The van der Waals surface area contributed by atoms with Crippen LogP contribution in [0, 0.1) is 0 Å². The van der Waals surface area contributed by atoms with Gasteiger partial charge in [0.15, 0.2) is 0 Å². The van der Waals surface area contributed by atoms with E-state index >= 15 is 0 Å². The SMILES string of the molecule is CC(O)CCN(C)C(=O)NC(C)c1ccc(OC(C)C)cc1. The number of urea groups is 1. The number of hydrogen-bond donors (Lipinski definition) is 2.